The lowest BCUT2D eigenvalue weighted by Gasteiger charge is -2.29. The van der Waals surface area contributed by atoms with Crippen LogP contribution in [0.25, 0.3) is 22.3 Å². The van der Waals surface area contributed by atoms with Gasteiger partial charge in [0, 0.05) is 31.4 Å². The van der Waals surface area contributed by atoms with Crippen LogP contribution in [0.2, 0.25) is 0 Å². The van der Waals surface area contributed by atoms with Crippen molar-refractivity contribution in [2.24, 2.45) is 0 Å². The van der Waals surface area contributed by atoms with Crippen LogP contribution in [0.5, 0.6) is 5.75 Å². The molecule has 180 valence electrons. The van der Waals surface area contributed by atoms with Crippen molar-refractivity contribution in [3.05, 3.63) is 78.5 Å². The van der Waals surface area contributed by atoms with Gasteiger partial charge >= 0.3 is 0 Å². The smallest absolute Gasteiger partial charge is 0.244 e. The van der Waals surface area contributed by atoms with Crippen molar-refractivity contribution in [1.82, 2.24) is 14.7 Å². The van der Waals surface area contributed by atoms with Crippen molar-refractivity contribution in [1.29, 1.82) is 0 Å². The van der Waals surface area contributed by atoms with Gasteiger partial charge in [0.2, 0.25) is 10.0 Å². The van der Waals surface area contributed by atoms with Gasteiger partial charge in [0.05, 0.1) is 37.2 Å². The summed E-state index contributed by atoms with van der Waals surface area (Å²) in [6.45, 7) is 3.07. The Balaban J connectivity index is 1.51. The summed E-state index contributed by atoms with van der Waals surface area (Å²) in [5.41, 5.74) is 4.74. The monoisotopic (exact) mass is 490 g/mol. The Bertz CT molecular complexity index is 1440. The van der Waals surface area contributed by atoms with E-state index < -0.39 is 10.0 Å². The molecule has 0 aliphatic carbocycles. The predicted octanol–water partition coefficient (Wildman–Crippen LogP) is 3.62. The lowest BCUT2D eigenvalue weighted by molar-refractivity contribution is 0.123. The van der Waals surface area contributed by atoms with Crippen LogP contribution in [-0.2, 0) is 21.3 Å². The minimum atomic E-state index is -3.84. The SMILES string of the molecule is COc1ccc(-c2ccc3nccc(N4CCOCC4)c3n2)cc1S(=O)(=O)NCc1ccccc1. The van der Waals surface area contributed by atoms with Crippen LogP contribution in [0.4, 0.5) is 5.69 Å². The summed E-state index contributed by atoms with van der Waals surface area (Å²) in [4.78, 5) is 11.7. The van der Waals surface area contributed by atoms with Crippen molar-refractivity contribution in [2.75, 3.05) is 38.3 Å². The molecule has 1 saturated heterocycles. The van der Waals surface area contributed by atoms with E-state index in [-0.39, 0.29) is 17.2 Å². The van der Waals surface area contributed by atoms with Crippen molar-refractivity contribution >= 4 is 26.7 Å². The molecule has 0 bridgehead atoms. The van der Waals surface area contributed by atoms with Crippen LogP contribution in [0, 0.1) is 0 Å². The Kier molecular flexibility index (Phi) is 6.63. The first-order valence-corrected chi connectivity index (χ1v) is 12.8. The zero-order chi connectivity index (χ0) is 24.3. The molecule has 35 heavy (non-hydrogen) atoms. The fraction of sp³-hybridized carbons (Fsp3) is 0.231. The molecule has 0 spiro atoms. The maximum Gasteiger partial charge on any atom is 0.244 e. The molecule has 3 heterocycles. The Labute approximate surface area is 204 Å². The van der Waals surface area contributed by atoms with E-state index in [2.05, 4.69) is 14.6 Å². The number of rotatable bonds is 7. The third-order valence-corrected chi connectivity index (χ3v) is 7.39. The number of hydrogen-bond donors (Lipinski definition) is 1. The maximum atomic E-state index is 13.2. The van der Waals surface area contributed by atoms with E-state index in [0.29, 0.717) is 24.5 Å². The number of sulfonamides is 1. The van der Waals surface area contributed by atoms with Gasteiger partial charge in [-0.3, -0.25) is 4.98 Å². The summed E-state index contributed by atoms with van der Waals surface area (Å²) in [5, 5.41) is 0. The lowest BCUT2D eigenvalue weighted by atomic mass is 10.1. The van der Waals surface area contributed by atoms with Crippen LogP contribution in [-0.4, -0.2) is 51.8 Å². The van der Waals surface area contributed by atoms with E-state index in [1.807, 2.05) is 54.6 Å². The molecule has 4 aromatic rings. The topological polar surface area (TPSA) is 93.7 Å². The molecular weight excluding hydrogens is 464 g/mol. The Morgan fingerprint density at radius 1 is 1.03 bits per heavy atom. The first-order valence-electron chi connectivity index (χ1n) is 11.4. The average molecular weight is 491 g/mol. The molecule has 0 radical (unpaired) electrons. The van der Waals surface area contributed by atoms with E-state index in [0.717, 1.165) is 35.4 Å². The summed E-state index contributed by atoms with van der Waals surface area (Å²) in [5.74, 6) is 0.269. The highest BCUT2D eigenvalue weighted by Crippen LogP contribution is 2.32. The van der Waals surface area contributed by atoms with Crippen LogP contribution in [0.1, 0.15) is 5.56 Å². The van der Waals surface area contributed by atoms with Crippen LogP contribution in [0.3, 0.4) is 0 Å². The average Bonchev–Trinajstić information content (AvgIpc) is 2.92. The Hall–Kier alpha value is -3.53. The predicted molar refractivity (Wildman–Crippen MR) is 135 cm³/mol. The van der Waals surface area contributed by atoms with Crippen molar-refractivity contribution in [3.8, 4) is 17.0 Å². The van der Waals surface area contributed by atoms with E-state index in [9.17, 15) is 8.42 Å². The maximum absolute atomic E-state index is 13.2. The second-order valence-electron chi connectivity index (χ2n) is 8.17. The largest absolute Gasteiger partial charge is 0.495 e. The van der Waals surface area contributed by atoms with E-state index in [1.54, 1.807) is 18.3 Å². The fourth-order valence-electron chi connectivity index (χ4n) is 4.13. The molecule has 8 nitrogen and oxygen atoms in total. The zero-order valence-corrected chi connectivity index (χ0v) is 20.2. The molecule has 2 aromatic heterocycles. The molecule has 9 heteroatoms. The van der Waals surface area contributed by atoms with Crippen molar-refractivity contribution in [3.63, 3.8) is 0 Å². The second-order valence-corrected chi connectivity index (χ2v) is 9.90. The van der Waals surface area contributed by atoms with Gasteiger partial charge in [-0.1, -0.05) is 30.3 Å². The molecule has 2 aromatic carbocycles. The quantitative estimate of drug-likeness (QED) is 0.423. The van der Waals surface area contributed by atoms with Gasteiger partial charge < -0.3 is 14.4 Å². The number of ether oxygens (including phenoxy) is 2. The van der Waals surface area contributed by atoms with E-state index >= 15 is 0 Å². The lowest BCUT2D eigenvalue weighted by Crippen LogP contribution is -2.36. The highest BCUT2D eigenvalue weighted by atomic mass is 32.2. The van der Waals surface area contributed by atoms with Crippen molar-refractivity contribution < 1.29 is 17.9 Å². The molecule has 1 aliphatic rings. The number of fused-ring (bicyclic) bond motifs is 1. The fourth-order valence-corrected chi connectivity index (χ4v) is 5.34. The summed E-state index contributed by atoms with van der Waals surface area (Å²) in [7, 11) is -2.38. The number of methoxy groups -OCH3 is 1. The molecule has 1 aliphatic heterocycles. The van der Waals surface area contributed by atoms with Gasteiger partial charge in [-0.25, -0.2) is 18.1 Å². The first-order chi connectivity index (χ1) is 17.0. The van der Waals surface area contributed by atoms with E-state index in [4.69, 9.17) is 14.5 Å². The summed E-state index contributed by atoms with van der Waals surface area (Å²) in [6.07, 6.45) is 1.78. The normalized spacial score (nSPS) is 14.3. The number of nitrogens with one attached hydrogen (secondary N) is 1. The Morgan fingerprint density at radius 2 is 1.83 bits per heavy atom. The molecule has 5 rings (SSSR count). The number of aromatic nitrogens is 2. The van der Waals surface area contributed by atoms with Gasteiger partial charge in [-0.2, -0.15) is 0 Å². The molecule has 0 saturated carbocycles. The second kappa shape index (κ2) is 9.99. The van der Waals surface area contributed by atoms with Crippen molar-refractivity contribution in [2.45, 2.75) is 11.4 Å². The number of nitrogens with zero attached hydrogens (tertiary/aromatic N) is 3. The number of pyridine rings is 2. The molecule has 0 amide bonds. The summed E-state index contributed by atoms with van der Waals surface area (Å²) < 4.78 is 39.9. The summed E-state index contributed by atoms with van der Waals surface area (Å²) >= 11 is 0. The third kappa shape index (κ3) is 4.97. The zero-order valence-electron chi connectivity index (χ0n) is 19.3. The number of anilines is 1. The van der Waals surface area contributed by atoms with E-state index in [1.165, 1.54) is 7.11 Å². The minimum Gasteiger partial charge on any atom is -0.495 e. The number of morpholine rings is 1. The molecule has 1 fully saturated rings. The first kappa shape index (κ1) is 23.2. The number of benzene rings is 2. The molecule has 0 atom stereocenters. The van der Waals surface area contributed by atoms with Gasteiger partial charge in [-0.15, -0.1) is 0 Å². The third-order valence-electron chi connectivity index (χ3n) is 5.97. The minimum absolute atomic E-state index is 0.0647. The standard InChI is InChI=1S/C26H26N4O4S/c1-33-24-10-7-20(17-25(24)35(31,32)28-18-19-5-3-2-4-6-19)21-8-9-22-26(29-21)23(11-12-27-22)30-13-15-34-16-14-30/h2-12,17,28H,13-16,18H2,1H3. The Morgan fingerprint density at radius 3 is 2.60 bits per heavy atom. The van der Waals surface area contributed by atoms with Crippen LogP contribution >= 0.6 is 0 Å². The molecule has 1 N–H and O–H groups in total. The molecular formula is C26H26N4O4S. The van der Waals surface area contributed by atoms with Gasteiger partial charge in [0.15, 0.2) is 0 Å². The highest BCUT2D eigenvalue weighted by Gasteiger charge is 2.21. The number of hydrogen-bond acceptors (Lipinski definition) is 7. The van der Waals surface area contributed by atoms with Gasteiger partial charge in [-0.05, 0) is 42.0 Å². The molecule has 0 unspecified atom stereocenters. The summed E-state index contributed by atoms with van der Waals surface area (Å²) in [6, 6.07) is 20.2. The highest BCUT2D eigenvalue weighted by molar-refractivity contribution is 7.89. The van der Waals surface area contributed by atoms with Gasteiger partial charge in [0.1, 0.15) is 16.2 Å². The van der Waals surface area contributed by atoms with Gasteiger partial charge in [0.25, 0.3) is 0 Å². The van der Waals surface area contributed by atoms with Crippen LogP contribution in [0.15, 0.2) is 77.8 Å². The van der Waals surface area contributed by atoms with Crippen LogP contribution < -0.4 is 14.4 Å².